The molecular weight excluding hydrogens is 378 g/mol. The van der Waals surface area contributed by atoms with Gasteiger partial charge in [0, 0.05) is 56.9 Å². The van der Waals surface area contributed by atoms with Crippen LogP contribution in [0.5, 0.6) is 0 Å². The Labute approximate surface area is 171 Å². The van der Waals surface area contributed by atoms with Crippen molar-refractivity contribution in [2.24, 2.45) is 0 Å². The third-order valence-electron chi connectivity index (χ3n) is 5.53. The summed E-state index contributed by atoms with van der Waals surface area (Å²) in [6.45, 7) is 4.76. The molecule has 4 rings (SSSR count). The van der Waals surface area contributed by atoms with Gasteiger partial charge in [-0.05, 0) is 24.0 Å². The minimum absolute atomic E-state index is 0. The average Bonchev–Trinajstić information content (AvgIpc) is 3.13. The highest BCUT2D eigenvalue weighted by Gasteiger charge is 2.22. The number of nitrogens with zero attached hydrogens (tertiary/aromatic N) is 2. The fourth-order valence-corrected chi connectivity index (χ4v) is 3.87. The number of amides is 1. The zero-order valence-corrected chi connectivity index (χ0v) is 16.7. The van der Waals surface area contributed by atoms with E-state index in [4.69, 9.17) is 0 Å². The fraction of sp³-hybridized carbons (Fsp3) is 0.500. The van der Waals surface area contributed by atoms with Crippen molar-refractivity contribution in [2.45, 2.75) is 45.0 Å². The summed E-state index contributed by atoms with van der Waals surface area (Å²) in [4.78, 5) is 15.0. The Hall–Kier alpha value is -1.93. The summed E-state index contributed by atoms with van der Waals surface area (Å²) in [6.07, 6.45) is 2.38. The minimum Gasteiger partial charge on any atom is -0.393 e. The molecule has 152 valence electrons. The van der Waals surface area contributed by atoms with E-state index < -0.39 is 0 Å². The van der Waals surface area contributed by atoms with Crippen LogP contribution in [0.1, 0.15) is 45.7 Å². The molecule has 1 saturated heterocycles. The standard InChI is InChI=1S/C20H27N5O2.ClH/c26-16-6-9-25(10-7-16)13-15-4-2-1-3-14(15)11-22-20(27)19-17-12-21-8-5-18(17)23-24-19;/h1-4,16,21,26H,5-13H2,(H,22,27)(H,23,24);1H. The molecule has 1 aromatic carbocycles. The van der Waals surface area contributed by atoms with Crippen molar-refractivity contribution >= 4 is 18.3 Å². The predicted molar refractivity (Wildman–Crippen MR) is 109 cm³/mol. The van der Waals surface area contributed by atoms with E-state index in [1.165, 1.54) is 5.56 Å². The molecule has 4 N–H and O–H groups in total. The van der Waals surface area contributed by atoms with Crippen LogP contribution in [-0.4, -0.2) is 51.8 Å². The third-order valence-corrected chi connectivity index (χ3v) is 5.53. The van der Waals surface area contributed by atoms with Crippen molar-refractivity contribution in [3.8, 4) is 0 Å². The molecule has 3 heterocycles. The van der Waals surface area contributed by atoms with E-state index in [1.54, 1.807) is 0 Å². The van der Waals surface area contributed by atoms with Crippen LogP contribution in [0.4, 0.5) is 0 Å². The van der Waals surface area contributed by atoms with Gasteiger partial charge in [-0.1, -0.05) is 24.3 Å². The quantitative estimate of drug-likeness (QED) is 0.602. The summed E-state index contributed by atoms with van der Waals surface area (Å²) >= 11 is 0. The maximum Gasteiger partial charge on any atom is 0.272 e. The lowest BCUT2D eigenvalue weighted by Crippen LogP contribution is -2.35. The van der Waals surface area contributed by atoms with E-state index >= 15 is 0 Å². The van der Waals surface area contributed by atoms with Crippen LogP contribution in [-0.2, 0) is 26.1 Å². The smallest absolute Gasteiger partial charge is 0.272 e. The number of aromatic amines is 1. The molecule has 0 spiro atoms. The number of likely N-dealkylation sites (tertiary alicyclic amines) is 1. The summed E-state index contributed by atoms with van der Waals surface area (Å²) < 4.78 is 0. The average molecular weight is 406 g/mol. The number of fused-ring (bicyclic) bond motifs is 1. The van der Waals surface area contributed by atoms with Crippen molar-refractivity contribution in [3.05, 3.63) is 52.3 Å². The SMILES string of the molecule is Cl.O=C(NCc1ccccc1CN1CCC(O)CC1)c1n[nH]c2c1CNCC2. The van der Waals surface area contributed by atoms with Crippen LogP contribution < -0.4 is 10.6 Å². The van der Waals surface area contributed by atoms with Crippen molar-refractivity contribution in [3.63, 3.8) is 0 Å². The number of aliphatic hydroxyl groups excluding tert-OH is 1. The molecule has 8 heteroatoms. The maximum absolute atomic E-state index is 12.6. The number of nitrogens with one attached hydrogen (secondary N) is 3. The topological polar surface area (TPSA) is 93.3 Å². The number of piperidine rings is 1. The van der Waals surface area contributed by atoms with E-state index in [0.29, 0.717) is 18.8 Å². The maximum atomic E-state index is 12.6. The zero-order chi connectivity index (χ0) is 18.6. The van der Waals surface area contributed by atoms with Crippen LogP contribution in [0, 0.1) is 0 Å². The van der Waals surface area contributed by atoms with E-state index in [-0.39, 0.29) is 24.4 Å². The number of rotatable bonds is 5. The first-order valence-corrected chi connectivity index (χ1v) is 9.73. The van der Waals surface area contributed by atoms with E-state index in [9.17, 15) is 9.90 Å². The Morgan fingerprint density at radius 1 is 1.25 bits per heavy atom. The largest absolute Gasteiger partial charge is 0.393 e. The molecule has 0 saturated carbocycles. The van der Waals surface area contributed by atoms with Gasteiger partial charge in [-0.15, -0.1) is 12.4 Å². The summed E-state index contributed by atoms with van der Waals surface area (Å²) in [6, 6.07) is 8.23. The molecule has 2 aromatic rings. The molecule has 2 aliphatic rings. The van der Waals surface area contributed by atoms with E-state index in [1.807, 2.05) is 12.1 Å². The minimum atomic E-state index is -0.162. The van der Waals surface area contributed by atoms with Gasteiger partial charge in [-0.2, -0.15) is 5.10 Å². The highest BCUT2D eigenvalue weighted by atomic mass is 35.5. The molecular formula is C20H28ClN5O2. The van der Waals surface area contributed by atoms with Gasteiger partial charge < -0.3 is 15.7 Å². The third kappa shape index (κ3) is 4.72. The van der Waals surface area contributed by atoms with Crippen LogP contribution >= 0.6 is 12.4 Å². The highest BCUT2D eigenvalue weighted by Crippen LogP contribution is 2.18. The molecule has 28 heavy (non-hydrogen) atoms. The number of carbonyl (C=O) groups is 1. The number of carbonyl (C=O) groups excluding carboxylic acids is 1. The first-order valence-electron chi connectivity index (χ1n) is 9.73. The lowest BCUT2D eigenvalue weighted by Gasteiger charge is -2.30. The Morgan fingerprint density at radius 2 is 2.00 bits per heavy atom. The van der Waals surface area contributed by atoms with Gasteiger partial charge in [0.25, 0.3) is 5.91 Å². The first kappa shape index (κ1) is 20.8. The van der Waals surface area contributed by atoms with Crippen molar-refractivity contribution in [2.75, 3.05) is 19.6 Å². The number of hydrogen-bond donors (Lipinski definition) is 4. The normalized spacial score (nSPS) is 17.6. The van der Waals surface area contributed by atoms with Gasteiger partial charge in [-0.3, -0.25) is 14.8 Å². The molecule has 0 aliphatic carbocycles. The van der Waals surface area contributed by atoms with Crippen molar-refractivity contribution in [1.82, 2.24) is 25.7 Å². The Bertz CT molecular complexity index is 802. The number of benzene rings is 1. The molecule has 1 aromatic heterocycles. The van der Waals surface area contributed by atoms with Crippen LogP contribution in [0.25, 0.3) is 0 Å². The number of aliphatic hydroxyl groups is 1. The van der Waals surface area contributed by atoms with Crippen molar-refractivity contribution in [1.29, 1.82) is 0 Å². The fourth-order valence-electron chi connectivity index (χ4n) is 3.87. The second kappa shape index (κ2) is 9.52. The zero-order valence-electron chi connectivity index (χ0n) is 15.9. The summed E-state index contributed by atoms with van der Waals surface area (Å²) in [7, 11) is 0. The van der Waals surface area contributed by atoms with Gasteiger partial charge in [0.15, 0.2) is 5.69 Å². The number of aromatic nitrogens is 2. The monoisotopic (exact) mass is 405 g/mol. The molecule has 0 radical (unpaired) electrons. The summed E-state index contributed by atoms with van der Waals surface area (Å²) in [5, 5.41) is 23.2. The summed E-state index contributed by atoms with van der Waals surface area (Å²) in [5.41, 5.74) is 4.89. The second-order valence-corrected chi connectivity index (χ2v) is 7.41. The second-order valence-electron chi connectivity index (χ2n) is 7.41. The molecule has 7 nitrogen and oxygen atoms in total. The van der Waals surface area contributed by atoms with Gasteiger partial charge in [0.05, 0.1) is 6.10 Å². The van der Waals surface area contributed by atoms with Gasteiger partial charge in [-0.25, -0.2) is 0 Å². The van der Waals surface area contributed by atoms with E-state index in [0.717, 1.165) is 62.3 Å². The lowest BCUT2D eigenvalue weighted by atomic mass is 10.0. The molecule has 0 atom stereocenters. The van der Waals surface area contributed by atoms with Crippen molar-refractivity contribution < 1.29 is 9.90 Å². The van der Waals surface area contributed by atoms with Crippen LogP contribution in [0.15, 0.2) is 24.3 Å². The van der Waals surface area contributed by atoms with Gasteiger partial charge >= 0.3 is 0 Å². The number of H-pyrrole nitrogens is 1. The molecule has 1 amide bonds. The Morgan fingerprint density at radius 3 is 2.79 bits per heavy atom. The Kier molecular flexibility index (Phi) is 7.07. The predicted octanol–water partition coefficient (Wildman–Crippen LogP) is 1.36. The highest BCUT2D eigenvalue weighted by molar-refractivity contribution is 5.94. The van der Waals surface area contributed by atoms with E-state index in [2.05, 4.69) is 37.9 Å². The van der Waals surface area contributed by atoms with Gasteiger partial charge in [0.1, 0.15) is 0 Å². The molecule has 0 unspecified atom stereocenters. The number of halogens is 1. The van der Waals surface area contributed by atoms with Crippen LogP contribution in [0.2, 0.25) is 0 Å². The summed E-state index contributed by atoms with van der Waals surface area (Å²) in [5.74, 6) is -0.132. The molecule has 2 aliphatic heterocycles. The molecule has 1 fully saturated rings. The lowest BCUT2D eigenvalue weighted by molar-refractivity contribution is 0.0790. The molecule has 0 bridgehead atoms. The number of hydrogen-bond acceptors (Lipinski definition) is 5. The Balaban J connectivity index is 0.00000225. The first-order chi connectivity index (χ1) is 13.2. The van der Waals surface area contributed by atoms with Crippen LogP contribution in [0.3, 0.4) is 0 Å². The van der Waals surface area contributed by atoms with Gasteiger partial charge in [0.2, 0.25) is 0 Å².